The number of nitrogens with one attached hydrogen (secondary N) is 1. The number of rotatable bonds is 2. The largest absolute Gasteiger partial charge is 0.466 e. The van der Waals surface area contributed by atoms with Crippen LogP contribution in [0.5, 0.6) is 0 Å². The van der Waals surface area contributed by atoms with Gasteiger partial charge in [-0.1, -0.05) is 17.4 Å². The number of furan rings is 1. The molecular formula is C15H11F3N2O2S. The summed E-state index contributed by atoms with van der Waals surface area (Å²) in [6.45, 7) is 3.35. The van der Waals surface area contributed by atoms with Crippen molar-refractivity contribution in [3.05, 3.63) is 46.9 Å². The van der Waals surface area contributed by atoms with Crippen molar-refractivity contribution in [1.29, 1.82) is 0 Å². The Morgan fingerprint density at radius 1 is 1.30 bits per heavy atom. The third-order valence-electron chi connectivity index (χ3n) is 3.23. The van der Waals surface area contributed by atoms with Crippen molar-refractivity contribution in [3.8, 4) is 0 Å². The lowest BCUT2D eigenvalue weighted by Gasteiger charge is -2.06. The highest BCUT2D eigenvalue weighted by Gasteiger charge is 2.33. The molecule has 0 aliphatic heterocycles. The summed E-state index contributed by atoms with van der Waals surface area (Å²) in [6.07, 6.45) is -4.49. The number of hydrogen-bond acceptors (Lipinski definition) is 4. The van der Waals surface area contributed by atoms with E-state index in [2.05, 4.69) is 10.3 Å². The first-order valence-corrected chi connectivity index (χ1v) is 7.42. The van der Waals surface area contributed by atoms with Crippen LogP contribution in [0.2, 0.25) is 0 Å². The molecular weight excluding hydrogens is 329 g/mol. The topological polar surface area (TPSA) is 55.1 Å². The van der Waals surface area contributed by atoms with Crippen LogP contribution in [0.3, 0.4) is 0 Å². The van der Waals surface area contributed by atoms with Gasteiger partial charge in [-0.2, -0.15) is 13.2 Å². The molecule has 0 bridgehead atoms. The number of fused-ring (bicyclic) bond motifs is 1. The van der Waals surface area contributed by atoms with Gasteiger partial charge in [0.05, 0.1) is 21.3 Å². The molecule has 0 atom stereocenters. The molecule has 2 heterocycles. The predicted molar refractivity (Wildman–Crippen MR) is 80.8 cm³/mol. The molecule has 1 amide bonds. The number of para-hydroxylation sites is 1. The highest BCUT2D eigenvalue weighted by atomic mass is 32.1. The van der Waals surface area contributed by atoms with E-state index < -0.39 is 17.6 Å². The summed E-state index contributed by atoms with van der Waals surface area (Å²) in [5.41, 5.74) is -0.653. The Kier molecular flexibility index (Phi) is 3.63. The average Bonchev–Trinajstić information content (AvgIpc) is 2.99. The number of aromatic nitrogens is 1. The number of thiazole rings is 1. The normalized spacial score (nSPS) is 11.9. The first kappa shape index (κ1) is 15.5. The Hall–Kier alpha value is -2.35. The Labute approximate surface area is 132 Å². The van der Waals surface area contributed by atoms with Gasteiger partial charge in [0.15, 0.2) is 5.13 Å². The minimum absolute atomic E-state index is 0.111. The van der Waals surface area contributed by atoms with Gasteiger partial charge in [-0.25, -0.2) is 4.98 Å². The molecule has 0 radical (unpaired) electrons. The van der Waals surface area contributed by atoms with Crippen LogP contribution in [-0.2, 0) is 6.18 Å². The molecule has 0 saturated carbocycles. The lowest BCUT2D eigenvalue weighted by molar-refractivity contribution is -0.136. The standard InChI is InChI=1S/C15H11F3N2O2S/c1-7-6-9(8(2)22-7)13(21)20-14-19-12-10(15(16,17)18)4-3-5-11(12)23-14/h3-6H,1-2H3,(H,19,20,21). The van der Waals surface area contributed by atoms with Gasteiger partial charge in [-0.15, -0.1) is 0 Å². The molecule has 8 heteroatoms. The molecule has 1 N–H and O–H groups in total. The van der Waals surface area contributed by atoms with Gasteiger partial charge in [0.2, 0.25) is 0 Å². The lowest BCUT2D eigenvalue weighted by Crippen LogP contribution is -2.12. The van der Waals surface area contributed by atoms with E-state index in [1.165, 1.54) is 12.1 Å². The first-order valence-electron chi connectivity index (χ1n) is 6.61. The molecule has 120 valence electrons. The number of nitrogens with zero attached hydrogens (tertiary/aromatic N) is 1. The van der Waals surface area contributed by atoms with Crippen LogP contribution in [0, 0.1) is 13.8 Å². The van der Waals surface area contributed by atoms with Crippen LogP contribution >= 0.6 is 11.3 Å². The van der Waals surface area contributed by atoms with Crippen molar-refractivity contribution in [2.75, 3.05) is 5.32 Å². The van der Waals surface area contributed by atoms with Crippen LogP contribution in [0.25, 0.3) is 10.2 Å². The van der Waals surface area contributed by atoms with Crippen molar-refractivity contribution in [1.82, 2.24) is 4.98 Å². The zero-order valence-corrected chi connectivity index (χ0v) is 12.9. The van der Waals surface area contributed by atoms with Gasteiger partial charge >= 0.3 is 6.18 Å². The highest BCUT2D eigenvalue weighted by molar-refractivity contribution is 7.22. The number of aryl methyl sites for hydroxylation is 2. The summed E-state index contributed by atoms with van der Waals surface area (Å²) in [7, 11) is 0. The second-order valence-corrected chi connectivity index (χ2v) is 5.98. The van der Waals surface area contributed by atoms with Gasteiger partial charge in [0, 0.05) is 0 Å². The number of carbonyl (C=O) groups excluding carboxylic acids is 1. The molecule has 1 aromatic carbocycles. The van der Waals surface area contributed by atoms with Gasteiger partial charge in [0.25, 0.3) is 5.91 Å². The third-order valence-corrected chi connectivity index (χ3v) is 4.17. The van der Waals surface area contributed by atoms with Crippen LogP contribution in [0.1, 0.15) is 27.4 Å². The summed E-state index contributed by atoms with van der Waals surface area (Å²) in [4.78, 5) is 16.1. The number of carbonyl (C=O) groups is 1. The molecule has 23 heavy (non-hydrogen) atoms. The smallest absolute Gasteiger partial charge is 0.418 e. The second kappa shape index (κ2) is 5.38. The molecule has 3 rings (SSSR count). The number of amides is 1. The average molecular weight is 340 g/mol. The summed E-state index contributed by atoms with van der Waals surface area (Å²) in [5, 5.41) is 2.63. The summed E-state index contributed by atoms with van der Waals surface area (Å²) in [5.74, 6) is 0.556. The monoisotopic (exact) mass is 340 g/mol. The van der Waals surface area contributed by atoms with Crippen molar-refractivity contribution >= 4 is 32.6 Å². The number of hydrogen-bond donors (Lipinski definition) is 1. The summed E-state index contributed by atoms with van der Waals surface area (Å²) >= 11 is 0.990. The highest BCUT2D eigenvalue weighted by Crippen LogP contribution is 2.37. The van der Waals surface area contributed by atoms with E-state index in [1.807, 2.05) is 0 Å². The van der Waals surface area contributed by atoms with Gasteiger partial charge in [-0.3, -0.25) is 10.1 Å². The number of benzene rings is 1. The van der Waals surface area contributed by atoms with E-state index >= 15 is 0 Å². The fraction of sp³-hybridized carbons (Fsp3) is 0.200. The van der Waals surface area contributed by atoms with E-state index in [1.54, 1.807) is 19.9 Å². The van der Waals surface area contributed by atoms with Crippen molar-refractivity contribution in [2.45, 2.75) is 20.0 Å². The fourth-order valence-electron chi connectivity index (χ4n) is 2.25. The SMILES string of the molecule is Cc1cc(C(=O)Nc2nc3c(C(F)(F)F)cccc3s2)c(C)o1. The first-order chi connectivity index (χ1) is 10.8. The van der Waals surface area contributed by atoms with E-state index in [4.69, 9.17) is 4.42 Å². The predicted octanol–water partition coefficient (Wildman–Crippen LogP) is 4.78. The number of halogens is 3. The Balaban J connectivity index is 1.95. The van der Waals surface area contributed by atoms with E-state index in [9.17, 15) is 18.0 Å². The maximum absolute atomic E-state index is 13.0. The van der Waals surface area contributed by atoms with E-state index in [-0.39, 0.29) is 10.6 Å². The fourth-order valence-corrected chi connectivity index (χ4v) is 3.14. The third kappa shape index (κ3) is 2.94. The molecule has 3 aromatic rings. The van der Waals surface area contributed by atoms with Crippen molar-refractivity contribution in [2.24, 2.45) is 0 Å². The minimum atomic E-state index is -4.49. The van der Waals surface area contributed by atoms with Crippen LogP contribution in [-0.4, -0.2) is 10.9 Å². The van der Waals surface area contributed by atoms with Crippen LogP contribution < -0.4 is 5.32 Å². The van der Waals surface area contributed by atoms with E-state index in [0.29, 0.717) is 21.8 Å². The van der Waals surface area contributed by atoms with Crippen molar-refractivity contribution < 1.29 is 22.4 Å². The maximum Gasteiger partial charge on any atom is 0.418 e. The van der Waals surface area contributed by atoms with Crippen LogP contribution in [0.4, 0.5) is 18.3 Å². The molecule has 0 spiro atoms. The molecule has 0 aliphatic rings. The Bertz CT molecular complexity index is 896. The Morgan fingerprint density at radius 3 is 2.65 bits per heavy atom. The van der Waals surface area contributed by atoms with Crippen LogP contribution in [0.15, 0.2) is 28.7 Å². The molecule has 2 aromatic heterocycles. The zero-order valence-electron chi connectivity index (χ0n) is 12.1. The van der Waals surface area contributed by atoms with Gasteiger partial charge in [-0.05, 0) is 32.0 Å². The molecule has 4 nitrogen and oxygen atoms in total. The van der Waals surface area contributed by atoms with Crippen molar-refractivity contribution in [3.63, 3.8) is 0 Å². The molecule has 0 aliphatic carbocycles. The maximum atomic E-state index is 13.0. The molecule has 0 unspecified atom stereocenters. The summed E-state index contributed by atoms with van der Waals surface area (Å²) in [6, 6.07) is 5.39. The lowest BCUT2D eigenvalue weighted by atomic mass is 10.2. The quantitative estimate of drug-likeness (QED) is 0.730. The van der Waals surface area contributed by atoms with E-state index in [0.717, 1.165) is 17.4 Å². The Morgan fingerprint density at radius 2 is 2.04 bits per heavy atom. The zero-order chi connectivity index (χ0) is 16.8. The summed E-state index contributed by atoms with van der Waals surface area (Å²) < 4.78 is 44.6. The molecule has 0 saturated heterocycles. The second-order valence-electron chi connectivity index (χ2n) is 4.95. The van der Waals surface area contributed by atoms with Gasteiger partial charge < -0.3 is 4.42 Å². The number of alkyl halides is 3. The number of anilines is 1. The molecule has 0 fully saturated rings. The minimum Gasteiger partial charge on any atom is -0.466 e. The van der Waals surface area contributed by atoms with Gasteiger partial charge in [0.1, 0.15) is 11.5 Å².